The lowest BCUT2D eigenvalue weighted by Crippen LogP contribution is -2.04. The third-order valence-corrected chi connectivity index (χ3v) is 7.36. The molecule has 0 atom stereocenters. The average molecular weight is 607 g/mol. The van der Waals surface area contributed by atoms with Crippen LogP contribution in [0.1, 0.15) is 44.7 Å². The van der Waals surface area contributed by atoms with Crippen LogP contribution in [0, 0.1) is 0 Å². The molecule has 0 radical (unpaired) electrons. The summed E-state index contributed by atoms with van der Waals surface area (Å²) in [4.78, 5) is 35.5. The number of phenols is 2. The average Bonchev–Trinajstić information content (AvgIpc) is 2.99. The van der Waals surface area contributed by atoms with Gasteiger partial charge < -0.3 is 28.7 Å². The molecule has 224 valence electrons. The molecular weight excluding hydrogens is 575 g/mol. The topological polar surface area (TPSA) is 149 Å². The first-order valence-corrected chi connectivity index (χ1v) is 14.8. The van der Waals surface area contributed by atoms with Crippen LogP contribution >= 0.6 is 7.82 Å². The molecule has 43 heavy (non-hydrogen) atoms. The fourth-order valence-corrected chi connectivity index (χ4v) is 5.15. The van der Waals surface area contributed by atoms with E-state index in [1.54, 1.807) is 48.5 Å². The van der Waals surface area contributed by atoms with Gasteiger partial charge in [0.05, 0.1) is 14.2 Å². The predicted molar refractivity (Wildman–Crippen MR) is 159 cm³/mol. The van der Waals surface area contributed by atoms with Crippen LogP contribution in [0.4, 0.5) is 0 Å². The van der Waals surface area contributed by atoms with Crippen LogP contribution in [-0.4, -0.2) is 40.9 Å². The van der Waals surface area contributed by atoms with Crippen molar-refractivity contribution in [3.05, 3.63) is 107 Å². The van der Waals surface area contributed by atoms with Gasteiger partial charge in [0.25, 0.3) is 0 Å². The third kappa shape index (κ3) is 8.61. The third-order valence-electron chi connectivity index (χ3n) is 6.50. The molecule has 0 aliphatic carbocycles. The van der Waals surface area contributed by atoms with Crippen molar-refractivity contribution in [2.45, 2.75) is 25.7 Å². The molecule has 0 aromatic heterocycles. The number of hydrogen-bond donors (Lipinski definition) is 3. The number of carbonyl (C=O) groups excluding carboxylic acids is 2. The summed E-state index contributed by atoms with van der Waals surface area (Å²) >= 11 is 0. The highest BCUT2D eigenvalue weighted by Gasteiger charge is 2.28. The first kappa shape index (κ1) is 31.2. The van der Waals surface area contributed by atoms with Crippen molar-refractivity contribution in [3.63, 3.8) is 0 Å². The summed E-state index contributed by atoms with van der Waals surface area (Å²) in [6, 6.07) is 21.6. The number of aryl methyl sites for hydroxylation is 2. The number of phenolic OH excluding ortho intramolecular Hbond substituents is 2. The molecule has 10 nitrogen and oxygen atoms in total. The van der Waals surface area contributed by atoms with E-state index in [2.05, 4.69) is 0 Å². The lowest BCUT2D eigenvalue weighted by atomic mass is 10.0. The van der Waals surface area contributed by atoms with Crippen molar-refractivity contribution in [2.24, 2.45) is 0 Å². The van der Waals surface area contributed by atoms with Gasteiger partial charge in [-0.15, -0.1) is 0 Å². The van der Waals surface area contributed by atoms with Gasteiger partial charge in [-0.2, -0.15) is 0 Å². The van der Waals surface area contributed by atoms with Crippen molar-refractivity contribution in [2.75, 3.05) is 14.2 Å². The molecule has 4 aromatic rings. The number of benzene rings is 4. The first-order chi connectivity index (χ1) is 20.6. The summed E-state index contributed by atoms with van der Waals surface area (Å²) in [5, 5.41) is 19.2. The predicted octanol–water partition coefficient (Wildman–Crippen LogP) is 6.30. The van der Waals surface area contributed by atoms with Gasteiger partial charge in [-0.3, -0.25) is 14.5 Å². The Bertz CT molecular complexity index is 1550. The van der Waals surface area contributed by atoms with E-state index in [4.69, 9.17) is 18.5 Å². The Balaban J connectivity index is 1.39. The Kier molecular flexibility index (Phi) is 10.1. The van der Waals surface area contributed by atoms with Crippen LogP contribution in [0.5, 0.6) is 34.5 Å². The van der Waals surface area contributed by atoms with Crippen molar-refractivity contribution in [1.82, 2.24) is 0 Å². The summed E-state index contributed by atoms with van der Waals surface area (Å²) in [6.45, 7) is 0. The van der Waals surface area contributed by atoms with Gasteiger partial charge >= 0.3 is 7.82 Å². The SMILES string of the molecule is COc1cc(CCC(=O)c2cccc(O)c2)ccc1OP(=O)(O)Oc1ccc(CCC(=O)c2cccc(O)c2)cc1OC. The number of rotatable bonds is 14. The highest BCUT2D eigenvalue weighted by molar-refractivity contribution is 7.48. The number of aromatic hydroxyl groups is 2. The number of phosphoric ester groups is 1. The lowest BCUT2D eigenvalue weighted by Gasteiger charge is -2.18. The fourth-order valence-electron chi connectivity index (χ4n) is 4.32. The van der Waals surface area contributed by atoms with Gasteiger partial charge in [-0.05, 0) is 72.5 Å². The second-order valence-electron chi connectivity index (χ2n) is 9.57. The van der Waals surface area contributed by atoms with Crippen LogP contribution in [0.25, 0.3) is 0 Å². The van der Waals surface area contributed by atoms with E-state index in [1.807, 2.05) is 0 Å². The van der Waals surface area contributed by atoms with E-state index in [0.29, 0.717) is 24.0 Å². The van der Waals surface area contributed by atoms with Gasteiger partial charge in [0.2, 0.25) is 0 Å². The molecule has 0 aliphatic heterocycles. The Morgan fingerprint density at radius 2 is 1.05 bits per heavy atom. The lowest BCUT2D eigenvalue weighted by molar-refractivity contribution is 0.0974. The molecule has 0 bridgehead atoms. The zero-order valence-corrected chi connectivity index (χ0v) is 24.5. The van der Waals surface area contributed by atoms with Crippen molar-refractivity contribution in [3.8, 4) is 34.5 Å². The Hall–Kier alpha value is -4.79. The minimum atomic E-state index is -4.71. The molecule has 0 spiro atoms. The van der Waals surface area contributed by atoms with E-state index >= 15 is 0 Å². The molecular formula is C32H31O10P. The highest BCUT2D eigenvalue weighted by Crippen LogP contribution is 2.49. The zero-order valence-electron chi connectivity index (χ0n) is 23.6. The number of methoxy groups -OCH3 is 2. The summed E-state index contributed by atoms with van der Waals surface area (Å²) < 4.78 is 34.2. The maximum Gasteiger partial charge on any atom is 0.585 e. The van der Waals surface area contributed by atoms with Crippen LogP contribution in [0.3, 0.4) is 0 Å². The number of carbonyl (C=O) groups is 2. The van der Waals surface area contributed by atoms with E-state index in [0.717, 1.165) is 11.1 Å². The molecule has 0 fully saturated rings. The smallest absolute Gasteiger partial charge is 0.508 e. The van der Waals surface area contributed by atoms with Crippen LogP contribution in [0.15, 0.2) is 84.9 Å². The van der Waals surface area contributed by atoms with E-state index in [9.17, 15) is 29.3 Å². The summed E-state index contributed by atoms with van der Waals surface area (Å²) in [7, 11) is -1.96. The second-order valence-corrected chi connectivity index (χ2v) is 10.9. The fraction of sp³-hybridized carbons (Fsp3) is 0.188. The van der Waals surface area contributed by atoms with Gasteiger partial charge in [0.1, 0.15) is 11.5 Å². The molecule has 0 heterocycles. The van der Waals surface area contributed by atoms with Crippen molar-refractivity contribution >= 4 is 19.4 Å². The van der Waals surface area contributed by atoms with Crippen molar-refractivity contribution < 1.29 is 47.8 Å². The Morgan fingerprint density at radius 1 is 0.628 bits per heavy atom. The van der Waals surface area contributed by atoms with Gasteiger partial charge in [-0.1, -0.05) is 36.4 Å². The number of hydrogen-bond acceptors (Lipinski definition) is 9. The first-order valence-electron chi connectivity index (χ1n) is 13.3. The number of Topliss-reactive ketones (excluding diaryl/α,β-unsaturated/α-hetero) is 2. The molecule has 0 saturated carbocycles. The Labute approximate surface area is 248 Å². The maximum absolute atomic E-state index is 12.9. The molecule has 0 aliphatic rings. The highest BCUT2D eigenvalue weighted by atomic mass is 31.2. The Morgan fingerprint density at radius 3 is 1.42 bits per heavy atom. The summed E-state index contributed by atoms with van der Waals surface area (Å²) in [5.74, 6) is -0.0297. The second kappa shape index (κ2) is 13.9. The minimum Gasteiger partial charge on any atom is -0.508 e. The molecule has 0 unspecified atom stereocenters. The molecule has 0 saturated heterocycles. The standard InChI is InChI=1S/C32H31O10P/c1-39-31-17-21(9-13-27(35)23-5-3-7-25(33)19-23)11-15-29(31)41-43(37,38)42-30-16-12-22(18-32(30)40-2)10-14-28(36)24-6-4-8-26(34)20-24/h3-8,11-12,15-20,33-34H,9-10,13-14H2,1-2H3,(H,37,38). The number of phosphoric acid groups is 1. The van der Waals surface area contributed by atoms with Crippen LogP contribution in [-0.2, 0) is 17.4 Å². The van der Waals surface area contributed by atoms with Crippen molar-refractivity contribution in [1.29, 1.82) is 0 Å². The van der Waals surface area contributed by atoms with Gasteiger partial charge in [0, 0.05) is 24.0 Å². The van der Waals surface area contributed by atoms with E-state index in [-0.39, 0.29) is 58.9 Å². The normalized spacial score (nSPS) is 11.0. The largest absolute Gasteiger partial charge is 0.585 e. The van der Waals surface area contributed by atoms with Gasteiger partial charge in [-0.25, -0.2) is 4.57 Å². The number of ether oxygens (including phenoxy) is 2. The van der Waals surface area contributed by atoms with E-state index in [1.165, 1.54) is 50.6 Å². The molecule has 11 heteroatoms. The van der Waals surface area contributed by atoms with Crippen LogP contribution < -0.4 is 18.5 Å². The molecule has 3 N–H and O–H groups in total. The van der Waals surface area contributed by atoms with Gasteiger partial charge in [0.15, 0.2) is 34.6 Å². The summed E-state index contributed by atoms with van der Waals surface area (Å²) in [6.07, 6.45) is 1.07. The zero-order chi connectivity index (χ0) is 31.0. The summed E-state index contributed by atoms with van der Waals surface area (Å²) in [5.41, 5.74) is 2.25. The molecule has 4 aromatic carbocycles. The monoisotopic (exact) mass is 606 g/mol. The molecule has 0 amide bonds. The minimum absolute atomic E-state index is 0.0103. The van der Waals surface area contributed by atoms with E-state index < -0.39 is 7.82 Å². The molecule has 4 rings (SSSR count). The maximum atomic E-state index is 12.9. The number of ketones is 2. The van der Waals surface area contributed by atoms with Crippen LogP contribution in [0.2, 0.25) is 0 Å². The quantitative estimate of drug-likeness (QED) is 0.110.